The van der Waals surface area contributed by atoms with Crippen molar-refractivity contribution in [2.75, 3.05) is 0 Å². The summed E-state index contributed by atoms with van der Waals surface area (Å²) in [7, 11) is 0. The minimum Gasteiger partial charge on any atom is -0.311 e. The van der Waals surface area contributed by atoms with E-state index >= 15 is 0 Å². The average Bonchev–Trinajstić information content (AvgIpc) is 3.12. The highest BCUT2D eigenvalue weighted by molar-refractivity contribution is 6.20. The summed E-state index contributed by atoms with van der Waals surface area (Å²) in [5.41, 5.74) is -1.10. The minimum absolute atomic E-state index is 0.00928. The summed E-state index contributed by atoms with van der Waals surface area (Å²) in [6.45, 7) is 1.58. The molecule has 1 saturated carbocycles. The van der Waals surface area contributed by atoms with Crippen molar-refractivity contribution in [2.24, 2.45) is 0 Å². The molecular weight excluding hydrogens is 303 g/mol. The number of benzene rings is 1. The largest absolute Gasteiger partial charge is 0.412 e. The number of rotatable bonds is 2. The molecule has 3 rings (SSSR count). The lowest BCUT2D eigenvalue weighted by Gasteiger charge is -2.24. The Kier molecular flexibility index (Phi) is 2.96. The molecule has 1 unspecified atom stereocenters. The monoisotopic (exact) mass is 313 g/mol. The molecule has 1 aromatic carbocycles. The van der Waals surface area contributed by atoms with Crippen LogP contribution in [0.15, 0.2) is 18.2 Å². The Morgan fingerprint density at radius 1 is 1.43 bits per heavy atom. The third kappa shape index (κ3) is 1.91. The Hall–Kier alpha value is -1.74. The van der Waals surface area contributed by atoms with E-state index in [4.69, 9.17) is 16.9 Å². The molecule has 1 aromatic heterocycles. The molecule has 1 aliphatic rings. The summed E-state index contributed by atoms with van der Waals surface area (Å²) in [4.78, 5) is 4.21. The molecule has 1 fully saturated rings. The van der Waals surface area contributed by atoms with Crippen molar-refractivity contribution in [3.63, 3.8) is 0 Å². The van der Waals surface area contributed by atoms with Gasteiger partial charge in [-0.15, -0.1) is 11.6 Å². The van der Waals surface area contributed by atoms with E-state index in [-0.39, 0.29) is 29.7 Å². The molecule has 0 radical (unpaired) electrons. The molecule has 0 amide bonds. The number of halogens is 4. The summed E-state index contributed by atoms with van der Waals surface area (Å²) in [5, 5.41) is 8.42. The van der Waals surface area contributed by atoms with Crippen LogP contribution >= 0.6 is 11.6 Å². The molecule has 21 heavy (non-hydrogen) atoms. The second kappa shape index (κ2) is 4.38. The molecular formula is C14H11ClF3N3. The Labute approximate surface area is 123 Å². The molecule has 0 saturated heterocycles. The van der Waals surface area contributed by atoms with Gasteiger partial charge in [0.2, 0.25) is 0 Å². The molecule has 0 N–H and O–H groups in total. The zero-order valence-corrected chi connectivity index (χ0v) is 11.8. The number of hydrogen-bond acceptors (Lipinski definition) is 2. The van der Waals surface area contributed by atoms with Gasteiger partial charge in [-0.25, -0.2) is 4.98 Å². The maximum atomic E-state index is 13.5. The van der Waals surface area contributed by atoms with Gasteiger partial charge in [-0.1, -0.05) is 6.07 Å². The smallest absolute Gasteiger partial charge is 0.311 e. The fourth-order valence-corrected chi connectivity index (χ4v) is 2.82. The van der Waals surface area contributed by atoms with E-state index in [9.17, 15) is 13.2 Å². The minimum atomic E-state index is -4.37. The van der Waals surface area contributed by atoms with Gasteiger partial charge in [-0.3, -0.25) is 0 Å². The van der Waals surface area contributed by atoms with Crippen molar-refractivity contribution in [2.45, 2.75) is 36.9 Å². The van der Waals surface area contributed by atoms with E-state index in [1.807, 2.05) is 6.07 Å². The first-order valence-corrected chi connectivity index (χ1v) is 6.88. The van der Waals surface area contributed by atoms with E-state index in [0.29, 0.717) is 5.52 Å². The van der Waals surface area contributed by atoms with Gasteiger partial charge in [0.25, 0.3) is 0 Å². The molecule has 0 spiro atoms. The number of hydrogen-bond donors (Lipinski definition) is 0. The van der Waals surface area contributed by atoms with Crippen LogP contribution in [0.25, 0.3) is 11.0 Å². The highest BCUT2D eigenvalue weighted by atomic mass is 35.5. The zero-order valence-electron chi connectivity index (χ0n) is 11.1. The lowest BCUT2D eigenvalue weighted by Crippen LogP contribution is -2.36. The first-order valence-electron chi connectivity index (χ1n) is 6.44. The number of para-hydroxylation sites is 1. The Morgan fingerprint density at radius 3 is 2.57 bits per heavy atom. The van der Waals surface area contributed by atoms with E-state index in [2.05, 4.69) is 4.98 Å². The van der Waals surface area contributed by atoms with Crippen molar-refractivity contribution < 1.29 is 13.2 Å². The first kappa shape index (κ1) is 14.2. The number of aromatic nitrogens is 2. The number of alkyl halides is 4. The van der Waals surface area contributed by atoms with Gasteiger partial charge >= 0.3 is 6.18 Å². The van der Waals surface area contributed by atoms with Crippen molar-refractivity contribution >= 4 is 22.6 Å². The van der Waals surface area contributed by atoms with Crippen molar-refractivity contribution in [1.82, 2.24) is 9.55 Å². The van der Waals surface area contributed by atoms with E-state index in [0.717, 1.165) is 0 Å². The molecule has 1 heterocycles. The van der Waals surface area contributed by atoms with Gasteiger partial charge in [-0.05, 0) is 31.9 Å². The third-order valence-electron chi connectivity index (χ3n) is 3.87. The van der Waals surface area contributed by atoms with Crippen molar-refractivity contribution in [3.05, 3.63) is 29.6 Å². The molecule has 1 aliphatic carbocycles. The van der Waals surface area contributed by atoms with Gasteiger partial charge in [0.05, 0.1) is 16.5 Å². The Balaban J connectivity index is 2.37. The van der Waals surface area contributed by atoms with Crippen LogP contribution in [0.3, 0.4) is 0 Å². The van der Waals surface area contributed by atoms with Gasteiger partial charge < -0.3 is 4.57 Å². The predicted molar refractivity (Wildman–Crippen MR) is 72.0 cm³/mol. The van der Waals surface area contributed by atoms with Crippen LogP contribution in [0, 0.1) is 11.3 Å². The second-order valence-electron chi connectivity index (χ2n) is 5.24. The molecule has 0 bridgehead atoms. The quantitative estimate of drug-likeness (QED) is 0.777. The zero-order chi connectivity index (χ0) is 15.4. The van der Waals surface area contributed by atoms with E-state index in [1.165, 1.54) is 10.6 Å². The van der Waals surface area contributed by atoms with E-state index in [1.54, 1.807) is 19.1 Å². The summed E-state index contributed by atoms with van der Waals surface area (Å²) < 4.78 is 41.6. The molecule has 110 valence electrons. The highest BCUT2D eigenvalue weighted by Gasteiger charge is 2.66. The van der Waals surface area contributed by atoms with Gasteiger partial charge in [0.1, 0.15) is 22.9 Å². The van der Waals surface area contributed by atoms with Crippen LogP contribution in [0.2, 0.25) is 0 Å². The van der Waals surface area contributed by atoms with Crippen molar-refractivity contribution in [3.8, 4) is 6.07 Å². The van der Waals surface area contributed by atoms with Crippen LogP contribution in [0.5, 0.6) is 0 Å². The standard InChI is InChI=1S/C14H11ClF3N3/c1-8(15)12-20-11-9(7-19)3-2-4-10(11)21(12)13(5-6-13)14(16,17)18/h2-4,8H,5-6H2,1H3. The van der Waals surface area contributed by atoms with Gasteiger partial charge in [-0.2, -0.15) is 18.4 Å². The Bertz CT molecular complexity index is 751. The topological polar surface area (TPSA) is 41.6 Å². The third-order valence-corrected chi connectivity index (χ3v) is 4.06. The number of nitrogens with zero attached hydrogens (tertiary/aromatic N) is 3. The van der Waals surface area contributed by atoms with Crippen LogP contribution in [-0.2, 0) is 5.54 Å². The van der Waals surface area contributed by atoms with Crippen LogP contribution in [0.1, 0.15) is 36.5 Å². The predicted octanol–water partition coefficient (Wildman–Crippen LogP) is 4.26. The molecule has 3 nitrogen and oxygen atoms in total. The van der Waals surface area contributed by atoms with Gasteiger partial charge in [0, 0.05) is 0 Å². The maximum absolute atomic E-state index is 13.5. The lowest BCUT2D eigenvalue weighted by molar-refractivity contribution is -0.179. The fourth-order valence-electron chi connectivity index (χ4n) is 2.68. The number of imidazole rings is 1. The van der Waals surface area contributed by atoms with Crippen molar-refractivity contribution in [1.29, 1.82) is 5.26 Å². The van der Waals surface area contributed by atoms with Crippen LogP contribution in [-0.4, -0.2) is 15.7 Å². The highest BCUT2D eigenvalue weighted by Crippen LogP contribution is 2.57. The molecule has 2 aromatic rings. The lowest BCUT2D eigenvalue weighted by atomic mass is 10.1. The summed E-state index contributed by atoms with van der Waals surface area (Å²) in [5.74, 6) is 0.157. The van der Waals surface area contributed by atoms with Crippen LogP contribution in [0.4, 0.5) is 13.2 Å². The second-order valence-corrected chi connectivity index (χ2v) is 5.89. The van der Waals surface area contributed by atoms with Gasteiger partial charge in [0.15, 0.2) is 0 Å². The van der Waals surface area contributed by atoms with Crippen LogP contribution < -0.4 is 0 Å². The normalized spacial score (nSPS) is 18.5. The summed E-state index contributed by atoms with van der Waals surface area (Å²) in [6, 6.07) is 6.61. The molecule has 7 heteroatoms. The fraction of sp³-hybridized carbons (Fsp3) is 0.429. The summed E-state index contributed by atoms with van der Waals surface area (Å²) in [6.07, 6.45) is -4.35. The Morgan fingerprint density at radius 2 is 2.10 bits per heavy atom. The molecule has 0 aliphatic heterocycles. The molecule has 1 atom stereocenters. The summed E-state index contributed by atoms with van der Waals surface area (Å²) >= 11 is 6.03. The average molecular weight is 314 g/mol. The van der Waals surface area contributed by atoms with E-state index < -0.39 is 17.1 Å². The SMILES string of the molecule is CC(Cl)c1nc2c(C#N)cccc2n1C1(C(F)(F)F)CC1. The first-order chi connectivity index (χ1) is 9.82. The number of nitriles is 1. The number of fused-ring (bicyclic) bond motifs is 1. The maximum Gasteiger partial charge on any atom is 0.412 e.